The van der Waals surface area contributed by atoms with Crippen LogP contribution in [0.25, 0.3) is 0 Å². The third-order valence-electron chi connectivity index (χ3n) is 3.36. The average Bonchev–Trinajstić information content (AvgIpc) is 2.94. The van der Waals surface area contributed by atoms with Crippen LogP contribution in [0.1, 0.15) is 29.8 Å². The lowest BCUT2D eigenvalue weighted by molar-refractivity contribution is 0.350. The van der Waals surface area contributed by atoms with Crippen LogP contribution < -0.4 is 10.1 Å². The van der Waals surface area contributed by atoms with E-state index in [1.165, 1.54) is 5.56 Å². The number of aromatic nitrogens is 2. The van der Waals surface area contributed by atoms with Gasteiger partial charge in [-0.25, -0.2) is 9.97 Å². The summed E-state index contributed by atoms with van der Waals surface area (Å²) in [5, 5.41) is 3.47. The molecule has 0 radical (unpaired) electrons. The maximum atomic E-state index is 5.79. The zero-order chi connectivity index (χ0) is 13.1. The molecule has 2 heterocycles. The minimum atomic E-state index is 0.0565. The smallest absolute Gasteiger partial charge is 0.127 e. The van der Waals surface area contributed by atoms with E-state index < -0.39 is 0 Å². The van der Waals surface area contributed by atoms with Crippen LogP contribution in [0.4, 0.5) is 0 Å². The van der Waals surface area contributed by atoms with Gasteiger partial charge in [0.1, 0.15) is 12.1 Å². The molecular formula is C15H17N3O. The Kier molecular flexibility index (Phi) is 3.42. The molecule has 1 unspecified atom stereocenters. The van der Waals surface area contributed by atoms with Gasteiger partial charge in [-0.3, -0.25) is 0 Å². The van der Waals surface area contributed by atoms with Crippen molar-refractivity contribution in [2.75, 3.05) is 13.2 Å². The van der Waals surface area contributed by atoms with E-state index in [0.29, 0.717) is 0 Å². The van der Waals surface area contributed by atoms with Crippen LogP contribution in [-0.4, -0.2) is 23.1 Å². The summed E-state index contributed by atoms with van der Waals surface area (Å²) in [6.07, 6.45) is 4.35. The van der Waals surface area contributed by atoms with Crippen molar-refractivity contribution in [3.63, 3.8) is 0 Å². The fraction of sp³-hybridized carbons (Fsp3) is 0.333. The van der Waals surface area contributed by atoms with E-state index >= 15 is 0 Å². The van der Waals surface area contributed by atoms with Crippen LogP contribution >= 0.6 is 0 Å². The summed E-state index contributed by atoms with van der Waals surface area (Å²) in [4.78, 5) is 8.35. The molecule has 98 valence electrons. The molecular weight excluding hydrogens is 238 g/mol. The molecule has 2 aromatic rings. The van der Waals surface area contributed by atoms with Gasteiger partial charge in [0.25, 0.3) is 0 Å². The highest BCUT2D eigenvalue weighted by molar-refractivity contribution is 5.47. The summed E-state index contributed by atoms with van der Waals surface area (Å²) in [5.74, 6) is 1.02. The minimum Gasteiger partial charge on any atom is -0.493 e. The number of nitrogens with zero attached hydrogens (tertiary/aromatic N) is 2. The molecule has 0 bridgehead atoms. The number of hydrogen-bond acceptors (Lipinski definition) is 4. The normalized spacial score (nSPS) is 14.8. The summed E-state index contributed by atoms with van der Waals surface area (Å²) >= 11 is 0. The van der Waals surface area contributed by atoms with Gasteiger partial charge in [-0.15, -0.1) is 0 Å². The number of nitrogens with one attached hydrogen (secondary N) is 1. The Labute approximate surface area is 112 Å². The van der Waals surface area contributed by atoms with E-state index in [4.69, 9.17) is 4.74 Å². The predicted molar refractivity (Wildman–Crippen MR) is 73.2 cm³/mol. The number of para-hydroxylation sites is 1. The molecule has 0 saturated carbocycles. The second kappa shape index (κ2) is 5.36. The zero-order valence-corrected chi connectivity index (χ0v) is 11.0. The summed E-state index contributed by atoms with van der Waals surface area (Å²) in [5.41, 5.74) is 3.42. The molecule has 1 aliphatic rings. The number of hydrogen-bond donors (Lipinski definition) is 1. The molecule has 3 rings (SSSR count). The van der Waals surface area contributed by atoms with Crippen LogP contribution in [-0.2, 0) is 6.42 Å². The van der Waals surface area contributed by atoms with E-state index in [1.54, 1.807) is 12.5 Å². The second-order valence-corrected chi connectivity index (χ2v) is 4.56. The SMILES string of the molecule is CCNC(c1ccncn1)c1cccc2c1OCC2. The van der Waals surface area contributed by atoms with Crippen LogP contribution in [0.3, 0.4) is 0 Å². The van der Waals surface area contributed by atoms with Crippen molar-refractivity contribution in [2.45, 2.75) is 19.4 Å². The van der Waals surface area contributed by atoms with E-state index in [2.05, 4.69) is 40.4 Å². The van der Waals surface area contributed by atoms with Crippen molar-refractivity contribution < 1.29 is 4.74 Å². The molecule has 0 saturated heterocycles. The van der Waals surface area contributed by atoms with Gasteiger partial charge < -0.3 is 10.1 Å². The van der Waals surface area contributed by atoms with Gasteiger partial charge in [0.15, 0.2) is 0 Å². The highest BCUT2D eigenvalue weighted by atomic mass is 16.5. The Morgan fingerprint density at radius 2 is 2.32 bits per heavy atom. The standard InChI is InChI=1S/C15H17N3O/c1-2-17-14(13-6-8-16-10-18-13)12-5-3-4-11-7-9-19-15(11)12/h3-6,8,10,14,17H,2,7,9H2,1H3. The van der Waals surface area contributed by atoms with Gasteiger partial charge in [-0.05, 0) is 18.2 Å². The van der Waals surface area contributed by atoms with Crippen molar-refractivity contribution in [1.82, 2.24) is 15.3 Å². The first-order valence-electron chi connectivity index (χ1n) is 6.64. The molecule has 1 aromatic carbocycles. The van der Waals surface area contributed by atoms with Crippen molar-refractivity contribution in [3.8, 4) is 5.75 Å². The average molecular weight is 255 g/mol. The largest absolute Gasteiger partial charge is 0.493 e. The fourth-order valence-corrected chi connectivity index (χ4v) is 2.52. The number of benzene rings is 1. The van der Waals surface area contributed by atoms with Gasteiger partial charge in [-0.2, -0.15) is 0 Å². The number of rotatable bonds is 4. The minimum absolute atomic E-state index is 0.0565. The predicted octanol–water partition coefficient (Wildman–Crippen LogP) is 2.11. The molecule has 1 aromatic heterocycles. The lowest BCUT2D eigenvalue weighted by Gasteiger charge is -2.20. The Bertz CT molecular complexity index is 557. The topological polar surface area (TPSA) is 47.0 Å². The Morgan fingerprint density at radius 3 is 3.11 bits per heavy atom. The third kappa shape index (κ3) is 2.31. The van der Waals surface area contributed by atoms with E-state index in [1.807, 2.05) is 6.07 Å². The van der Waals surface area contributed by atoms with Gasteiger partial charge in [-0.1, -0.05) is 25.1 Å². The zero-order valence-electron chi connectivity index (χ0n) is 11.0. The number of ether oxygens (including phenoxy) is 1. The van der Waals surface area contributed by atoms with Crippen molar-refractivity contribution in [2.24, 2.45) is 0 Å². The summed E-state index contributed by atoms with van der Waals surface area (Å²) in [6.45, 7) is 3.74. The van der Waals surface area contributed by atoms with Crippen molar-refractivity contribution in [1.29, 1.82) is 0 Å². The molecule has 0 aliphatic carbocycles. The second-order valence-electron chi connectivity index (χ2n) is 4.56. The quantitative estimate of drug-likeness (QED) is 0.909. The maximum Gasteiger partial charge on any atom is 0.127 e. The fourth-order valence-electron chi connectivity index (χ4n) is 2.52. The highest BCUT2D eigenvalue weighted by Crippen LogP contribution is 2.35. The van der Waals surface area contributed by atoms with E-state index in [9.17, 15) is 0 Å². The molecule has 0 amide bonds. The lowest BCUT2D eigenvalue weighted by Crippen LogP contribution is -2.23. The van der Waals surface area contributed by atoms with Gasteiger partial charge in [0, 0.05) is 18.2 Å². The van der Waals surface area contributed by atoms with Crippen molar-refractivity contribution in [3.05, 3.63) is 53.6 Å². The molecule has 0 fully saturated rings. The maximum absolute atomic E-state index is 5.79. The summed E-state index contributed by atoms with van der Waals surface area (Å²) in [7, 11) is 0. The molecule has 1 atom stereocenters. The summed E-state index contributed by atoms with van der Waals surface area (Å²) < 4.78 is 5.79. The first-order chi connectivity index (χ1) is 9.40. The molecule has 4 nitrogen and oxygen atoms in total. The third-order valence-corrected chi connectivity index (χ3v) is 3.36. The molecule has 1 aliphatic heterocycles. The lowest BCUT2D eigenvalue weighted by atomic mass is 9.99. The monoisotopic (exact) mass is 255 g/mol. The molecule has 1 N–H and O–H groups in total. The first kappa shape index (κ1) is 12.1. The van der Waals surface area contributed by atoms with Gasteiger partial charge >= 0.3 is 0 Å². The van der Waals surface area contributed by atoms with E-state index in [0.717, 1.165) is 36.6 Å². The highest BCUT2D eigenvalue weighted by Gasteiger charge is 2.23. The van der Waals surface area contributed by atoms with Crippen LogP contribution in [0.5, 0.6) is 5.75 Å². The van der Waals surface area contributed by atoms with Gasteiger partial charge in [0.05, 0.1) is 18.3 Å². The van der Waals surface area contributed by atoms with Crippen LogP contribution in [0.2, 0.25) is 0 Å². The molecule has 19 heavy (non-hydrogen) atoms. The Hall–Kier alpha value is -1.94. The van der Waals surface area contributed by atoms with E-state index in [-0.39, 0.29) is 6.04 Å². The Morgan fingerprint density at radius 1 is 1.37 bits per heavy atom. The number of fused-ring (bicyclic) bond motifs is 1. The summed E-state index contributed by atoms with van der Waals surface area (Å²) in [6, 6.07) is 8.34. The van der Waals surface area contributed by atoms with Crippen LogP contribution in [0.15, 0.2) is 36.8 Å². The van der Waals surface area contributed by atoms with Gasteiger partial charge in [0.2, 0.25) is 0 Å². The Balaban J connectivity index is 2.04. The molecule has 0 spiro atoms. The van der Waals surface area contributed by atoms with Crippen LogP contribution in [0, 0.1) is 0 Å². The van der Waals surface area contributed by atoms with Crippen molar-refractivity contribution >= 4 is 0 Å². The first-order valence-corrected chi connectivity index (χ1v) is 6.64. The molecule has 4 heteroatoms.